The van der Waals surface area contributed by atoms with E-state index in [1.165, 1.54) is 16.7 Å². The number of nitrogens with zero attached hydrogens (tertiary/aromatic N) is 1. The highest BCUT2D eigenvalue weighted by Gasteiger charge is 2.09. The molecule has 1 aromatic heterocycles. The van der Waals surface area contributed by atoms with Gasteiger partial charge in [-0.2, -0.15) is 0 Å². The lowest BCUT2D eigenvalue weighted by Gasteiger charge is -2.11. The summed E-state index contributed by atoms with van der Waals surface area (Å²) in [4.78, 5) is 4.18. The van der Waals surface area contributed by atoms with E-state index in [1.54, 1.807) is 6.20 Å². The molecule has 0 aliphatic heterocycles. The average Bonchev–Trinajstić information content (AvgIpc) is 2.63. The molecule has 0 saturated heterocycles. The van der Waals surface area contributed by atoms with E-state index in [0.29, 0.717) is 5.75 Å². The van der Waals surface area contributed by atoms with Gasteiger partial charge in [-0.15, -0.1) is 0 Å². The second kappa shape index (κ2) is 8.30. The summed E-state index contributed by atoms with van der Waals surface area (Å²) in [6.45, 7) is 0. The molecule has 2 nitrogen and oxygen atoms in total. The average molecular weight is 317 g/mol. The molecule has 0 unspecified atom stereocenters. The van der Waals surface area contributed by atoms with Crippen LogP contribution in [-0.2, 0) is 25.7 Å². The third kappa shape index (κ3) is 4.45. The standard InChI is InChI=1S/C22H23NO/c24-22-17-23-16-20(13-7-12-18-8-3-1-4-9-18)21(22)15-14-19-10-5-2-6-11-19/h1-6,8-11,16-17,24H,7,12-15H2. The Kier molecular flexibility index (Phi) is 5.62. The molecule has 2 heteroatoms. The number of pyridine rings is 1. The normalized spacial score (nSPS) is 10.7. The molecule has 0 aliphatic rings. The van der Waals surface area contributed by atoms with Gasteiger partial charge in [0.15, 0.2) is 0 Å². The van der Waals surface area contributed by atoms with Gasteiger partial charge in [-0.05, 0) is 48.8 Å². The highest BCUT2D eigenvalue weighted by molar-refractivity contribution is 5.37. The van der Waals surface area contributed by atoms with Gasteiger partial charge in [0.25, 0.3) is 0 Å². The Morgan fingerprint density at radius 1 is 0.667 bits per heavy atom. The van der Waals surface area contributed by atoms with Crippen molar-refractivity contribution in [2.75, 3.05) is 0 Å². The molecule has 1 N–H and O–H groups in total. The molecule has 0 fully saturated rings. The summed E-state index contributed by atoms with van der Waals surface area (Å²) in [7, 11) is 0. The molecule has 2 aromatic carbocycles. The van der Waals surface area contributed by atoms with Crippen molar-refractivity contribution in [3.63, 3.8) is 0 Å². The van der Waals surface area contributed by atoms with Crippen LogP contribution < -0.4 is 0 Å². The van der Waals surface area contributed by atoms with E-state index in [1.807, 2.05) is 18.3 Å². The molecule has 1 heterocycles. The number of hydrogen-bond donors (Lipinski definition) is 1. The minimum atomic E-state index is 0.322. The fourth-order valence-electron chi connectivity index (χ4n) is 3.06. The first-order valence-electron chi connectivity index (χ1n) is 8.55. The summed E-state index contributed by atoms with van der Waals surface area (Å²) < 4.78 is 0. The smallest absolute Gasteiger partial charge is 0.137 e. The Balaban J connectivity index is 1.63. The monoisotopic (exact) mass is 317 g/mol. The molecule has 0 radical (unpaired) electrons. The van der Waals surface area contributed by atoms with Crippen LogP contribution in [-0.4, -0.2) is 10.1 Å². The van der Waals surface area contributed by atoms with E-state index in [-0.39, 0.29) is 0 Å². The largest absolute Gasteiger partial charge is 0.506 e. The molecule has 0 bridgehead atoms. The van der Waals surface area contributed by atoms with Crippen LogP contribution in [0.15, 0.2) is 73.1 Å². The lowest BCUT2D eigenvalue weighted by Crippen LogP contribution is -2.00. The number of aromatic nitrogens is 1. The van der Waals surface area contributed by atoms with Gasteiger partial charge in [-0.1, -0.05) is 60.7 Å². The summed E-state index contributed by atoms with van der Waals surface area (Å²) in [6.07, 6.45) is 8.30. The number of aromatic hydroxyl groups is 1. The Labute approximate surface area is 143 Å². The maximum absolute atomic E-state index is 10.2. The molecular formula is C22H23NO. The second-order valence-electron chi connectivity index (χ2n) is 6.12. The number of aryl methyl sites for hydroxylation is 3. The van der Waals surface area contributed by atoms with E-state index in [2.05, 4.69) is 53.5 Å². The fourth-order valence-corrected chi connectivity index (χ4v) is 3.06. The zero-order chi connectivity index (χ0) is 16.6. The molecule has 0 amide bonds. The molecule has 0 saturated carbocycles. The summed E-state index contributed by atoms with van der Waals surface area (Å²) in [5, 5.41) is 10.2. The van der Waals surface area contributed by atoms with Gasteiger partial charge in [-0.25, -0.2) is 0 Å². The Bertz CT molecular complexity index is 753. The molecule has 0 atom stereocenters. The minimum absolute atomic E-state index is 0.322. The SMILES string of the molecule is Oc1cncc(CCCc2ccccc2)c1CCc1ccccc1. The van der Waals surface area contributed by atoms with Gasteiger partial charge in [0, 0.05) is 11.8 Å². The number of benzene rings is 2. The predicted molar refractivity (Wildman–Crippen MR) is 98.2 cm³/mol. The maximum atomic E-state index is 10.2. The van der Waals surface area contributed by atoms with Gasteiger partial charge in [-0.3, -0.25) is 4.98 Å². The van der Waals surface area contributed by atoms with Gasteiger partial charge >= 0.3 is 0 Å². The summed E-state index contributed by atoms with van der Waals surface area (Å²) >= 11 is 0. The first-order valence-corrected chi connectivity index (χ1v) is 8.55. The lowest BCUT2D eigenvalue weighted by molar-refractivity contribution is 0.463. The molecule has 122 valence electrons. The molecule has 0 spiro atoms. The first kappa shape index (κ1) is 16.3. The van der Waals surface area contributed by atoms with Crippen LogP contribution in [0, 0.1) is 0 Å². The van der Waals surface area contributed by atoms with Crippen LogP contribution in [0.2, 0.25) is 0 Å². The summed E-state index contributed by atoms with van der Waals surface area (Å²) in [6, 6.07) is 20.9. The van der Waals surface area contributed by atoms with Gasteiger partial charge in [0.05, 0.1) is 6.20 Å². The molecular weight excluding hydrogens is 294 g/mol. The minimum Gasteiger partial charge on any atom is -0.506 e. The van der Waals surface area contributed by atoms with Crippen molar-refractivity contribution in [1.29, 1.82) is 0 Å². The van der Waals surface area contributed by atoms with Crippen molar-refractivity contribution in [3.05, 3.63) is 95.3 Å². The Morgan fingerprint density at radius 2 is 1.29 bits per heavy atom. The van der Waals surface area contributed by atoms with E-state index in [9.17, 15) is 5.11 Å². The summed E-state index contributed by atoms with van der Waals surface area (Å²) in [5.74, 6) is 0.322. The van der Waals surface area contributed by atoms with Crippen LogP contribution in [0.25, 0.3) is 0 Å². The molecule has 3 rings (SSSR count). The van der Waals surface area contributed by atoms with Crippen LogP contribution >= 0.6 is 0 Å². The van der Waals surface area contributed by atoms with Crippen molar-refractivity contribution < 1.29 is 5.11 Å². The van der Waals surface area contributed by atoms with Crippen molar-refractivity contribution in [2.45, 2.75) is 32.1 Å². The quantitative estimate of drug-likeness (QED) is 0.682. The van der Waals surface area contributed by atoms with Gasteiger partial charge in [0.2, 0.25) is 0 Å². The van der Waals surface area contributed by atoms with E-state index < -0.39 is 0 Å². The number of rotatable bonds is 7. The van der Waals surface area contributed by atoms with E-state index in [0.717, 1.165) is 37.7 Å². The van der Waals surface area contributed by atoms with Crippen molar-refractivity contribution in [2.24, 2.45) is 0 Å². The molecule has 24 heavy (non-hydrogen) atoms. The lowest BCUT2D eigenvalue weighted by atomic mass is 9.96. The van der Waals surface area contributed by atoms with Crippen molar-refractivity contribution >= 4 is 0 Å². The molecule has 0 aliphatic carbocycles. The van der Waals surface area contributed by atoms with E-state index in [4.69, 9.17) is 0 Å². The maximum Gasteiger partial charge on any atom is 0.137 e. The third-order valence-electron chi connectivity index (χ3n) is 4.38. The van der Waals surface area contributed by atoms with Crippen LogP contribution in [0.3, 0.4) is 0 Å². The predicted octanol–water partition coefficient (Wildman–Crippen LogP) is 4.75. The van der Waals surface area contributed by atoms with Crippen molar-refractivity contribution in [1.82, 2.24) is 4.98 Å². The highest BCUT2D eigenvalue weighted by Crippen LogP contribution is 2.23. The van der Waals surface area contributed by atoms with Gasteiger partial charge in [0.1, 0.15) is 5.75 Å². The fraction of sp³-hybridized carbons (Fsp3) is 0.227. The second-order valence-corrected chi connectivity index (χ2v) is 6.12. The van der Waals surface area contributed by atoms with Crippen LogP contribution in [0.1, 0.15) is 28.7 Å². The van der Waals surface area contributed by atoms with Crippen molar-refractivity contribution in [3.8, 4) is 5.75 Å². The zero-order valence-electron chi connectivity index (χ0n) is 13.9. The Morgan fingerprint density at radius 3 is 1.96 bits per heavy atom. The van der Waals surface area contributed by atoms with Gasteiger partial charge < -0.3 is 5.11 Å². The van der Waals surface area contributed by atoms with E-state index >= 15 is 0 Å². The zero-order valence-corrected chi connectivity index (χ0v) is 13.9. The topological polar surface area (TPSA) is 33.1 Å². The Hall–Kier alpha value is -2.61. The first-order chi connectivity index (χ1) is 11.8. The molecule has 3 aromatic rings. The highest BCUT2D eigenvalue weighted by atomic mass is 16.3. The summed E-state index contributed by atoms with van der Waals surface area (Å²) in [5.41, 5.74) is 4.86. The van der Waals surface area contributed by atoms with Crippen LogP contribution in [0.4, 0.5) is 0 Å². The third-order valence-corrected chi connectivity index (χ3v) is 4.38. The van der Waals surface area contributed by atoms with Crippen LogP contribution in [0.5, 0.6) is 5.75 Å². The number of hydrogen-bond acceptors (Lipinski definition) is 2.